The van der Waals surface area contributed by atoms with Crippen molar-refractivity contribution in [2.45, 2.75) is 0 Å². The summed E-state index contributed by atoms with van der Waals surface area (Å²) >= 11 is 4.60. The highest BCUT2D eigenvalue weighted by atomic mass is 32.1. The van der Waals surface area contributed by atoms with Crippen LogP contribution >= 0.6 is 12.2 Å². The fourth-order valence-electron chi connectivity index (χ4n) is 0.655. The van der Waals surface area contributed by atoms with Gasteiger partial charge in [0, 0.05) is 0 Å². The second-order valence-corrected chi connectivity index (χ2v) is 2.42. The molecule has 0 heterocycles. The SMILES string of the molecule is NC(=S)NNc1ccccc1.O. The van der Waals surface area contributed by atoms with Gasteiger partial charge in [0.1, 0.15) is 0 Å². The summed E-state index contributed by atoms with van der Waals surface area (Å²) in [5.74, 6) is 0. The zero-order valence-electron chi connectivity index (χ0n) is 6.37. The summed E-state index contributed by atoms with van der Waals surface area (Å²) in [6, 6.07) is 9.59. The number of thiocarbonyl (C=S) groups is 1. The van der Waals surface area contributed by atoms with E-state index in [9.17, 15) is 0 Å². The number of hydrogen-bond acceptors (Lipinski definition) is 2. The van der Waals surface area contributed by atoms with E-state index >= 15 is 0 Å². The summed E-state index contributed by atoms with van der Waals surface area (Å²) in [6.45, 7) is 0. The number of nitrogens with two attached hydrogens (primary N) is 1. The molecule has 1 rings (SSSR count). The molecule has 0 unspecified atom stereocenters. The molecule has 66 valence electrons. The van der Waals surface area contributed by atoms with Crippen molar-refractivity contribution in [3.63, 3.8) is 0 Å². The normalized spacial score (nSPS) is 8.00. The third-order valence-corrected chi connectivity index (χ3v) is 1.21. The summed E-state index contributed by atoms with van der Waals surface area (Å²) in [4.78, 5) is 0. The second-order valence-electron chi connectivity index (χ2n) is 1.98. The van der Waals surface area contributed by atoms with Crippen LogP contribution in [0.2, 0.25) is 0 Å². The average molecular weight is 185 g/mol. The van der Waals surface area contributed by atoms with Gasteiger partial charge in [0.25, 0.3) is 0 Å². The minimum atomic E-state index is 0. The molecule has 1 aromatic rings. The number of hydrogen-bond donors (Lipinski definition) is 3. The van der Waals surface area contributed by atoms with Crippen LogP contribution in [0.1, 0.15) is 0 Å². The summed E-state index contributed by atoms with van der Waals surface area (Å²) in [5, 5.41) is 0.230. The molecule has 0 aromatic heterocycles. The average Bonchev–Trinajstić information content (AvgIpc) is 2.03. The number of nitrogens with one attached hydrogen (secondary N) is 2. The predicted octanol–water partition coefficient (Wildman–Crippen LogP) is 0.0220. The molecule has 0 spiro atoms. The zero-order chi connectivity index (χ0) is 8.10. The van der Waals surface area contributed by atoms with E-state index in [1.807, 2.05) is 30.3 Å². The number of rotatable bonds is 2. The van der Waals surface area contributed by atoms with Crippen molar-refractivity contribution in [2.75, 3.05) is 5.43 Å². The van der Waals surface area contributed by atoms with Gasteiger partial charge in [0.05, 0.1) is 5.69 Å². The van der Waals surface area contributed by atoms with Crippen molar-refractivity contribution < 1.29 is 5.48 Å². The fraction of sp³-hybridized carbons (Fsp3) is 0. The van der Waals surface area contributed by atoms with Gasteiger partial charge in [-0.1, -0.05) is 18.2 Å². The monoisotopic (exact) mass is 185 g/mol. The Kier molecular flexibility index (Phi) is 4.75. The highest BCUT2D eigenvalue weighted by Crippen LogP contribution is 2.01. The molecule has 1 aromatic carbocycles. The molecule has 0 bridgehead atoms. The van der Waals surface area contributed by atoms with Crippen LogP contribution in [0.5, 0.6) is 0 Å². The van der Waals surface area contributed by atoms with Gasteiger partial charge in [0.15, 0.2) is 5.11 Å². The molecular weight excluding hydrogens is 174 g/mol. The lowest BCUT2D eigenvalue weighted by molar-refractivity contribution is 0.824. The van der Waals surface area contributed by atoms with E-state index in [-0.39, 0.29) is 10.6 Å². The summed E-state index contributed by atoms with van der Waals surface area (Å²) in [6.07, 6.45) is 0. The molecule has 0 saturated carbocycles. The summed E-state index contributed by atoms with van der Waals surface area (Å²) in [7, 11) is 0. The largest absolute Gasteiger partial charge is 0.412 e. The van der Waals surface area contributed by atoms with Gasteiger partial charge in [-0.05, 0) is 24.4 Å². The first-order valence-electron chi connectivity index (χ1n) is 3.15. The van der Waals surface area contributed by atoms with E-state index < -0.39 is 0 Å². The molecule has 0 saturated heterocycles. The molecule has 12 heavy (non-hydrogen) atoms. The Hall–Kier alpha value is -1.33. The minimum absolute atomic E-state index is 0. The molecule has 6 N–H and O–H groups in total. The Balaban J connectivity index is 0.00000121. The number of anilines is 1. The smallest absolute Gasteiger partial charge is 0.182 e. The molecule has 5 heteroatoms. The van der Waals surface area contributed by atoms with Crippen molar-refractivity contribution in [2.24, 2.45) is 5.73 Å². The van der Waals surface area contributed by atoms with Crippen LogP contribution in [-0.4, -0.2) is 10.6 Å². The maximum absolute atomic E-state index is 5.20. The van der Waals surface area contributed by atoms with E-state index in [4.69, 9.17) is 5.73 Å². The highest BCUT2D eigenvalue weighted by molar-refractivity contribution is 7.80. The molecule has 0 amide bonds. The third kappa shape index (κ3) is 3.75. The molecule has 0 aliphatic rings. The molecular formula is C7H11N3OS. The quantitative estimate of drug-likeness (QED) is 0.448. The number of para-hydroxylation sites is 1. The maximum Gasteiger partial charge on any atom is 0.182 e. The van der Waals surface area contributed by atoms with Crippen LogP contribution in [0.4, 0.5) is 5.69 Å². The van der Waals surface area contributed by atoms with Crippen molar-refractivity contribution in [3.05, 3.63) is 30.3 Å². The Morgan fingerprint density at radius 3 is 2.33 bits per heavy atom. The maximum atomic E-state index is 5.20. The van der Waals surface area contributed by atoms with E-state index in [0.717, 1.165) is 5.69 Å². The topological polar surface area (TPSA) is 81.6 Å². The molecule has 0 aliphatic heterocycles. The first-order chi connectivity index (χ1) is 5.29. The van der Waals surface area contributed by atoms with Crippen LogP contribution in [0.3, 0.4) is 0 Å². The predicted molar refractivity (Wildman–Crippen MR) is 53.6 cm³/mol. The van der Waals surface area contributed by atoms with Gasteiger partial charge in [-0.3, -0.25) is 10.9 Å². The van der Waals surface area contributed by atoms with Gasteiger partial charge in [-0.2, -0.15) is 0 Å². The van der Waals surface area contributed by atoms with Crippen LogP contribution in [0.25, 0.3) is 0 Å². The molecule has 4 nitrogen and oxygen atoms in total. The first kappa shape index (κ1) is 10.7. The van der Waals surface area contributed by atoms with E-state index in [2.05, 4.69) is 23.1 Å². The highest BCUT2D eigenvalue weighted by Gasteiger charge is 1.86. The van der Waals surface area contributed by atoms with E-state index in [1.165, 1.54) is 0 Å². The molecule has 0 fully saturated rings. The lowest BCUT2D eigenvalue weighted by Crippen LogP contribution is -2.33. The van der Waals surface area contributed by atoms with Gasteiger partial charge >= 0.3 is 0 Å². The Morgan fingerprint density at radius 1 is 1.25 bits per heavy atom. The second kappa shape index (κ2) is 5.34. The van der Waals surface area contributed by atoms with Crippen LogP contribution in [0.15, 0.2) is 30.3 Å². The fourth-order valence-corrected chi connectivity index (χ4v) is 0.706. The number of hydrazine groups is 1. The summed E-state index contributed by atoms with van der Waals surface area (Å²) < 4.78 is 0. The third-order valence-electron chi connectivity index (χ3n) is 1.10. The number of benzene rings is 1. The molecule has 0 atom stereocenters. The van der Waals surface area contributed by atoms with Crippen LogP contribution in [0, 0.1) is 0 Å². The van der Waals surface area contributed by atoms with Gasteiger partial charge in [0.2, 0.25) is 0 Å². The standard InChI is InChI=1S/C7H9N3S.H2O/c8-7(11)10-9-6-4-2-1-3-5-6;/h1-5,9H,(H3,8,10,11);1H2. The lowest BCUT2D eigenvalue weighted by Gasteiger charge is -2.05. The van der Waals surface area contributed by atoms with Crippen molar-refractivity contribution in [3.8, 4) is 0 Å². The Labute approximate surface area is 76.0 Å². The minimum Gasteiger partial charge on any atom is -0.412 e. The first-order valence-corrected chi connectivity index (χ1v) is 3.56. The van der Waals surface area contributed by atoms with Gasteiger partial charge < -0.3 is 11.2 Å². The molecule has 0 aliphatic carbocycles. The zero-order valence-corrected chi connectivity index (χ0v) is 7.19. The van der Waals surface area contributed by atoms with Gasteiger partial charge in [-0.15, -0.1) is 0 Å². The van der Waals surface area contributed by atoms with Crippen molar-refractivity contribution in [1.82, 2.24) is 5.43 Å². The Morgan fingerprint density at radius 2 is 1.83 bits per heavy atom. The van der Waals surface area contributed by atoms with Crippen LogP contribution < -0.4 is 16.6 Å². The molecule has 0 radical (unpaired) electrons. The lowest BCUT2D eigenvalue weighted by atomic mass is 10.3. The summed E-state index contributed by atoms with van der Waals surface area (Å²) in [5.41, 5.74) is 11.6. The Bertz CT molecular complexity index is 240. The van der Waals surface area contributed by atoms with Crippen molar-refractivity contribution in [1.29, 1.82) is 0 Å². The van der Waals surface area contributed by atoms with E-state index in [1.54, 1.807) is 0 Å². The van der Waals surface area contributed by atoms with Crippen LogP contribution in [-0.2, 0) is 0 Å². The van der Waals surface area contributed by atoms with Gasteiger partial charge in [-0.25, -0.2) is 0 Å². The van der Waals surface area contributed by atoms with Crippen molar-refractivity contribution >= 4 is 23.0 Å². The van der Waals surface area contributed by atoms with E-state index in [0.29, 0.717) is 0 Å².